The number of amides is 2. The van der Waals surface area contributed by atoms with Gasteiger partial charge in [-0.25, -0.2) is 0 Å². The topological polar surface area (TPSA) is 45.6 Å². The standard InChI is InChI=1S/C29H22BrN3O2S/c1-19-13-14-25(16-20(19)2)33-28(35)26(27(34)32(29(33)36)22-9-4-3-5-10-22)18-24-12-7-15-31(24)23-11-6-8-21(30)17-23/h3-18H,1-2H3/b26-18-. The summed E-state index contributed by atoms with van der Waals surface area (Å²) in [5.41, 5.74) is 4.98. The Balaban J connectivity index is 1.66. The minimum absolute atomic E-state index is 0.0284. The molecule has 5 nitrogen and oxygen atoms in total. The molecule has 0 spiro atoms. The summed E-state index contributed by atoms with van der Waals surface area (Å²) in [6.07, 6.45) is 3.53. The number of halogens is 1. The first-order valence-electron chi connectivity index (χ1n) is 11.4. The largest absolute Gasteiger partial charge is 0.317 e. The molecule has 7 heteroatoms. The van der Waals surface area contributed by atoms with Crippen LogP contribution in [0, 0.1) is 13.8 Å². The molecule has 5 rings (SSSR count). The molecule has 1 aliphatic rings. The minimum Gasteiger partial charge on any atom is -0.317 e. The van der Waals surface area contributed by atoms with Crippen molar-refractivity contribution in [2.24, 2.45) is 0 Å². The Bertz CT molecular complexity index is 1540. The second-order valence-electron chi connectivity index (χ2n) is 8.51. The van der Waals surface area contributed by atoms with Gasteiger partial charge in [-0.2, -0.15) is 0 Å². The predicted molar refractivity (Wildman–Crippen MR) is 151 cm³/mol. The molecule has 2 heterocycles. The molecule has 0 atom stereocenters. The van der Waals surface area contributed by atoms with E-state index < -0.39 is 11.8 Å². The molecule has 178 valence electrons. The van der Waals surface area contributed by atoms with Gasteiger partial charge in [-0.05, 0) is 97.9 Å². The molecule has 1 saturated heterocycles. The zero-order chi connectivity index (χ0) is 25.4. The Morgan fingerprint density at radius 1 is 0.722 bits per heavy atom. The van der Waals surface area contributed by atoms with Gasteiger partial charge in [-0.1, -0.05) is 46.3 Å². The lowest BCUT2D eigenvalue weighted by Crippen LogP contribution is -2.57. The Kier molecular flexibility index (Phi) is 6.43. The molecule has 4 aromatic rings. The van der Waals surface area contributed by atoms with Gasteiger partial charge in [0.1, 0.15) is 5.57 Å². The van der Waals surface area contributed by atoms with Crippen molar-refractivity contribution in [3.8, 4) is 5.69 Å². The van der Waals surface area contributed by atoms with Crippen molar-refractivity contribution >= 4 is 62.5 Å². The highest BCUT2D eigenvalue weighted by Gasteiger charge is 2.41. The summed E-state index contributed by atoms with van der Waals surface area (Å²) in [5.74, 6) is -0.916. The van der Waals surface area contributed by atoms with E-state index >= 15 is 0 Å². The van der Waals surface area contributed by atoms with Gasteiger partial charge in [0.2, 0.25) is 0 Å². The maximum atomic E-state index is 13.9. The molecule has 0 N–H and O–H groups in total. The van der Waals surface area contributed by atoms with Crippen LogP contribution >= 0.6 is 28.1 Å². The Labute approximate surface area is 223 Å². The van der Waals surface area contributed by atoms with Gasteiger partial charge in [0, 0.05) is 22.1 Å². The molecule has 0 bridgehead atoms. The molecule has 0 saturated carbocycles. The molecule has 3 aromatic carbocycles. The summed E-state index contributed by atoms with van der Waals surface area (Å²) in [5, 5.41) is 0.124. The first kappa shape index (κ1) is 23.9. The summed E-state index contributed by atoms with van der Waals surface area (Å²) in [4.78, 5) is 30.5. The van der Waals surface area contributed by atoms with Gasteiger partial charge in [0.25, 0.3) is 11.8 Å². The number of hydrogen-bond donors (Lipinski definition) is 0. The zero-order valence-electron chi connectivity index (χ0n) is 19.7. The molecule has 1 aliphatic heterocycles. The highest BCUT2D eigenvalue weighted by atomic mass is 79.9. The molecule has 1 fully saturated rings. The van der Waals surface area contributed by atoms with Crippen molar-refractivity contribution in [1.29, 1.82) is 0 Å². The number of hydrogen-bond acceptors (Lipinski definition) is 3. The fourth-order valence-electron chi connectivity index (χ4n) is 4.15. The van der Waals surface area contributed by atoms with Gasteiger partial charge in [0.05, 0.1) is 11.4 Å². The van der Waals surface area contributed by atoms with E-state index in [-0.39, 0.29) is 10.7 Å². The van der Waals surface area contributed by atoms with Crippen LogP contribution in [-0.2, 0) is 9.59 Å². The number of aromatic nitrogens is 1. The van der Waals surface area contributed by atoms with Crippen molar-refractivity contribution in [2.45, 2.75) is 13.8 Å². The van der Waals surface area contributed by atoms with Crippen LogP contribution in [0.3, 0.4) is 0 Å². The van der Waals surface area contributed by atoms with E-state index in [1.54, 1.807) is 18.2 Å². The molecular weight excluding hydrogens is 534 g/mol. The fraction of sp³-hybridized carbons (Fsp3) is 0.0690. The number of anilines is 2. The van der Waals surface area contributed by atoms with Crippen LogP contribution in [0.15, 0.2) is 101 Å². The van der Waals surface area contributed by atoms with E-state index in [0.29, 0.717) is 17.1 Å². The SMILES string of the molecule is Cc1ccc(N2C(=O)/C(=C\c3cccn3-c3cccc(Br)c3)C(=O)N(c3ccccc3)C2=S)cc1C. The van der Waals surface area contributed by atoms with Crippen LogP contribution in [0.1, 0.15) is 16.8 Å². The highest BCUT2D eigenvalue weighted by Crippen LogP contribution is 2.31. The molecule has 2 amide bonds. The second-order valence-corrected chi connectivity index (χ2v) is 9.79. The summed E-state index contributed by atoms with van der Waals surface area (Å²) in [6, 6.07) is 26.4. The summed E-state index contributed by atoms with van der Waals surface area (Å²) in [6.45, 7) is 3.99. The van der Waals surface area contributed by atoms with Crippen LogP contribution in [0.4, 0.5) is 11.4 Å². The predicted octanol–water partition coefficient (Wildman–Crippen LogP) is 6.60. The first-order chi connectivity index (χ1) is 17.3. The quantitative estimate of drug-likeness (QED) is 0.162. The number of aryl methyl sites for hydroxylation is 2. The third-order valence-corrected chi connectivity index (χ3v) is 7.03. The molecule has 0 aliphatic carbocycles. The van der Waals surface area contributed by atoms with Crippen LogP contribution in [-0.4, -0.2) is 21.5 Å². The molecule has 1 aromatic heterocycles. The van der Waals surface area contributed by atoms with Gasteiger partial charge in [0.15, 0.2) is 5.11 Å². The third-order valence-electron chi connectivity index (χ3n) is 6.17. The maximum absolute atomic E-state index is 13.9. The average Bonchev–Trinajstić information content (AvgIpc) is 3.33. The normalized spacial score (nSPS) is 15.2. The summed E-state index contributed by atoms with van der Waals surface area (Å²) in [7, 11) is 0. The summed E-state index contributed by atoms with van der Waals surface area (Å²) >= 11 is 9.24. The number of benzene rings is 3. The lowest BCUT2D eigenvalue weighted by molar-refractivity contribution is -0.120. The van der Waals surface area contributed by atoms with E-state index in [1.807, 2.05) is 97.4 Å². The number of carbonyl (C=O) groups is 2. The van der Waals surface area contributed by atoms with Gasteiger partial charge < -0.3 is 4.57 Å². The van der Waals surface area contributed by atoms with Crippen molar-refractivity contribution in [1.82, 2.24) is 4.57 Å². The van der Waals surface area contributed by atoms with Crippen LogP contribution < -0.4 is 9.80 Å². The van der Waals surface area contributed by atoms with E-state index in [1.165, 1.54) is 9.80 Å². The lowest BCUT2D eigenvalue weighted by atomic mass is 10.1. The Hall–Kier alpha value is -3.81. The molecular formula is C29H22BrN3O2S. The smallest absolute Gasteiger partial charge is 0.270 e. The van der Waals surface area contributed by atoms with Gasteiger partial charge in [-0.3, -0.25) is 19.4 Å². The average molecular weight is 556 g/mol. The Morgan fingerprint density at radius 2 is 1.42 bits per heavy atom. The molecule has 0 unspecified atom stereocenters. The van der Waals surface area contributed by atoms with Crippen LogP contribution in [0.2, 0.25) is 0 Å². The van der Waals surface area contributed by atoms with Crippen molar-refractivity contribution in [3.63, 3.8) is 0 Å². The minimum atomic E-state index is -0.460. The first-order valence-corrected chi connectivity index (χ1v) is 12.6. The van der Waals surface area contributed by atoms with Gasteiger partial charge >= 0.3 is 0 Å². The van der Waals surface area contributed by atoms with Crippen molar-refractivity contribution in [2.75, 3.05) is 9.80 Å². The fourth-order valence-corrected chi connectivity index (χ4v) is 4.91. The number of nitrogens with zero attached hydrogens (tertiary/aromatic N) is 3. The van der Waals surface area contributed by atoms with E-state index in [0.717, 1.165) is 21.3 Å². The number of thiocarbonyl (C=S) groups is 1. The maximum Gasteiger partial charge on any atom is 0.270 e. The van der Waals surface area contributed by atoms with Gasteiger partial charge in [-0.15, -0.1) is 0 Å². The number of carbonyl (C=O) groups excluding carboxylic acids is 2. The van der Waals surface area contributed by atoms with Crippen molar-refractivity contribution < 1.29 is 9.59 Å². The lowest BCUT2D eigenvalue weighted by Gasteiger charge is -2.36. The van der Waals surface area contributed by atoms with E-state index in [2.05, 4.69) is 15.9 Å². The molecule has 36 heavy (non-hydrogen) atoms. The summed E-state index contributed by atoms with van der Waals surface area (Å²) < 4.78 is 2.86. The van der Waals surface area contributed by atoms with Crippen LogP contribution in [0.25, 0.3) is 11.8 Å². The second kappa shape index (κ2) is 9.68. The van der Waals surface area contributed by atoms with E-state index in [4.69, 9.17) is 12.2 Å². The Morgan fingerprint density at radius 3 is 2.11 bits per heavy atom. The number of rotatable bonds is 4. The van der Waals surface area contributed by atoms with E-state index in [9.17, 15) is 9.59 Å². The number of para-hydroxylation sites is 1. The zero-order valence-corrected chi connectivity index (χ0v) is 22.1. The monoisotopic (exact) mass is 555 g/mol. The molecule has 0 radical (unpaired) electrons. The third kappa shape index (κ3) is 4.32. The highest BCUT2D eigenvalue weighted by molar-refractivity contribution is 9.10. The van der Waals surface area contributed by atoms with Crippen molar-refractivity contribution in [3.05, 3.63) is 118 Å². The van der Waals surface area contributed by atoms with Crippen LogP contribution in [0.5, 0.6) is 0 Å².